The molecule has 0 aliphatic rings. The lowest BCUT2D eigenvalue weighted by Crippen LogP contribution is -2.36. The van der Waals surface area contributed by atoms with Crippen LogP contribution in [-0.4, -0.2) is 24.5 Å². The summed E-state index contributed by atoms with van der Waals surface area (Å²) in [4.78, 5) is 4.06. The first kappa shape index (κ1) is 20.2. The second-order valence-electron chi connectivity index (χ2n) is 5.98. The van der Waals surface area contributed by atoms with Gasteiger partial charge in [-0.05, 0) is 6.07 Å². The van der Waals surface area contributed by atoms with E-state index >= 15 is 0 Å². The van der Waals surface area contributed by atoms with Crippen molar-refractivity contribution in [1.29, 1.82) is 0 Å². The molecule has 9 heteroatoms. The maximum Gasteiger partial charge on any atom is 0.573 e. The van der Waals surface area contributed by atoms with Crippen molar-refractivity contribution in [2.45, 2.75) is 19.5 Å². The van der Waals surface area contributed by atoms with Crippen LogP contribution in [-0.2, 0) is 13.1 Å². The van der Waals surface area contributed by atoms with Crippen LogP contribution in [0.15, 0.2) is 70.2 Å². The Labute approximate surface area is 165 Å². The summed E-state index contributed by atoms with van der Waals surface area (Å²) in [7, 11) is 1.56. The summed E-state index contributed by atoms with van der Waals surface area (Å²) in [6, 6.07) is 17.3. The Bertz CT molecular complexity index is 956. The third-order valence-corrected chi connectivity index (χ3v) is 3.92. The van der Waals surface area contributed by atoms with Gasteiger partial charge in [-0.25, -0.2) is 0 Å². The van der Waals surface area contributed by atoms with E-state index in [0.717, 1.165) is 5.56 Å². The van der Waals surface area contributed by atoms with Gasteiger partial charge in [0.25, 0.3) is 0 Å². The summed E-state index contributed by atoms with van der Waals surface area (Å²) in [5, 5.41) is 10.0. The molecular weight excluding hydrogens is 385 g/mol. The first-order chi connectivity index (χ1) is 13.9. The molecule has 6 nitrogen and oxygen atoms in total. The molecule has 0 saturated heterocycles. The first-order valence-corrected chi connectivity index (χ1v) is 8.74. The molecule has 1 aromatic heterocycles. The van der Waals surface area contributed by atoms with Crippen molar-refractivity contribution in [2.75, 3.05) is 7.05 Å². The molecule has 0 fully saturated rings. The molecule has 152 valence electrons. The van der Waals surface area contributed by atoms with Gasteiger partial charge in [-0.15, -0.1) is 13.2 Å². The van der Waals surface area contributed by atoms with E-state index in [9.17, 15) is 13.2 Å². The zero-order chi connectivity index (χ0) is 20.7. The molecule has 0 unspecified atom stereocenters. The van der Waals surface area contributed by atoms with Crippen molar-refractivity contribution >= 4 is 5.96 Å². The lowest BCUT2D eigenvalue weighted by molar-refractivity contribution is -0.274. The predicted octanol–water partition coefficient (Wildman–Crippen LogP) is 4.11. The highest BCUT2D eigenvalue weighted by Gasteiger charge is 2.31. The maximum absolute atomic E-state index is 12.5. The number of guanidine groups is 1. The molecule has 0 atom stereocenters. The second-order valence-corrected chi connectivity index (χ2v) is 5.98. The van der Waals surface area contributed by atoms with Gasteiger partial charge in [0, 0.05) is 30.8 Å². The van der Waals surface area contributed by atoms with E-state index in [1.807, 2.05) is 36.4 Å². The van der Waals surface area contributed by atoms with Gasteiger partial charge in [-0.3, -0.25) is 4.99 Å². The summed E-state index contributed by atoms with van der Waals surface area (Å²) in [6.07, 6.45) is -4.75. The number of para-hydroxylation sites is 1. The van der Waals surface area contributed by atoms with Crippen molar-refractivity contribution in [2.24, 2.45) is 4.99 Å². The molecule has 0 amide bonds. The van der Waals surface area contributed by atoms with Crippen LogP contribution in [0.25, 0.3) is 11.3 Å². The van der Waals surface area contributed by atoms with E-state index in [1.54, 1.807) is 19.2 Å². The average molecular weight is 404 g/mol. The molecule has 3 aromatic rings. The Kier molecular flexibility index (Phi) is 6.38. The Morgan fingerprint density at radius 2 is 1.72 bits per heavy atom. The number of nitrogens with one attached hydrogen (secondary N) is 2. The Hall–Kier alpha value is -3.49. The van der Waals surface area contributed by atoms with Crippen molar-refractivity contribution in [3.8, 4) is 17.1 Å². The maximum atomic E-state index is 12.5. The fraction of sp³-hybridized carbons (Fsp3) is 0.200. The highest BCUT2D eigenvalue weighted by molar-refractivity contribution is 5.79. The Balaban J connectivity index is 1.57. The summed E-state index contributed by atoms with van der Waals surface area (Å²) >= 11 is 0. The second kappa shape index (κ2) is 9.13. The molecule has 1 heterocycles. The molecular formula is C20H19F3N4O2. The van der Waals surface area contributed by atoms with Gasteiger partial charge in [0.1, 0.15) is 11.4 Å². The van der Waals surface area contributed by atoms with E-state index in [2.05, 4.69) is 25.5 Å². The van der Waals surface area contributed by atoms with Crippen molar-refractivity contribution < 1.29 is 22.4 Å². The fourth-order valence-electron chi connectivity index (χ4n) is 2.58. The van der Waals surface area contributed by atoms with Crippen molar-refractivity contribution in [1.82, 2.24) is 15.8 Å². The number of hydrogen-bond acceptors (Lipinski definition) is 4. The number of aromatic nitrogens is 1. The third kappa shape index (κ3) is 6.00. The number of rotatable bonds is 6. The topological polar surface area (TPSA) is 71.7 Å². The summed E-state index contributed by atoms with van der Waals surface area (Å²) in [5.41, 5.74) is 1.92. The monoisotopic (exact) mass is 404 g/mol. The molecule has 2 N–H and O–H groups in total. The van der Waals surface area contributed by atoms with Crippen LogP contribution in [0.1, 0.15) is 11.3 Å². The van der Waals surface area contributed by atoms with Crippen LogP contribution >= 0.6 is 0 Å². The van der Waals surface area contributed by atoms with E-state index in [0.29, 0.717) is 29.5 Å². The van der Waals surface area contributed by atoms with Crippen LogP contribution in [0.2, 0.25) is 0 Å². The van der Waals surface area contributed by atoms with Gasteiger partial charge in [-0.1, -0.05) is 53.7 Å². The zero-order valence-corrected chi connectivity index (χ0v) is 15.5. The minimum Gasteiger partial charge on any atom is -0.405 e. The standard InChI is InChI=1S/C20H19F3N4O2/c1-24-19(25-12-15-9-5-6-10-17(15)28-20(21,22)23)26-13-16-11-18(29-27-16)14-7-3-2-4-8-14/h2-11H,12-13H2,1H3,(H2,24,25,26). The van der Waals surface area contributed by atoms with Crippen LogP contribution < -0.4 is 15.4 Å². The van der Waals surface area contributed by atoms with Gasteiger partial charge in [-0.2, -0.15) is 0 Å². The number of alkyl halides is 3. The van der Waals surface area contributed by atoms with Crippen LogP contribution in [0, 0.1) is 0 Å². The quantitative estimate of drug-likeness (QED) is 0.478. The van der Waals surface area contributed by atoms with Gasteiger partial charge in [0.05, 0.1) is 6.54 Å². The normalized spacial score (nSPS) is 11.9. The number of aliphatic imine (C=N–C) groups is 1. The smallest absolute Gasteiger partial charge is 0.405 e. The highest BCUT2D eigenvalue weighted by atomic mass is 19.4. The zero-order valence-electron chi connectivity index (χ0n) is 15.5. The molecule has 0 spiro atoms. The molecule has 0 radical (unpaired) electrons. The molecule has 2 aromatic carbocycles. The Morgan fingerprint density at radius 1 is 1.03 bits per heavy atom. The third-order valence-electron chi connectivity index (χ3n) is 3.92. The number of nitrogens with zero attached hydrogens (tertiary/aromatic N) is 2. The molecule has 0 aliphatic heterocycles. The molecule has 3 rings (SSSR count). The lowest BCUT2D eigenvalue weighted by Gasteiger charge is -2.15. The molecule has 0 aliphatic carbocycles. The number of hydrogen-bond donors (Lipinski definition) is 2. The summed E-state index contributed by atoms with van der Waals surface area (Å²) in [6.45, 7) is 0.427. The average Bonchev–Trinajstić information content (AvgIpc) is 3.18. The van der Waals surface area contributed by atoms with Crippen LogP contribution in [0.4, 0.5) is 13.2 Å². The van der Waals surface area contributed by atoms with Gasteiger partial charge >= 0.3 is 6.36 Å². The van der Waals surface area contributed by atoms with Crippen LogP contribution in [0.3, 0.4) is 0 Å². The van der Waals surface area contributed by atoms with Crippen LogP contribution in [0.5, 0.6) is 5.75 Å². The minimum absolute atomic E-state index is 0.0972. The SMILES string of the molecule is CN=C(NCc1cc(-c2ccccc2)on1)NCc1ccccc1OC(F)(F)F. The van der Waals surface area contributed by atoms with E-state index in [-0.39, 0.29) is 12.3 Å². The molecule has 29 heavy (non-hydrogen) atoms. The van der Waals surface area contributed by atoms with E-state index in [1.165, 1.54) is 12.1 Å². The van der Waals surface area contributed by atoms with Crippen molar-refractivity contribution in [3.05, 3.63) is 71.9 Å². The molecule has 0 bridgehead atoms. The first-order valence-electron chi connectivity index (χ1n) is 8.74. The highest BCUT2D eigenvalue weighted by Crippen LogP contribution is 2.26. The summed E-state index contributed by atoms with van der Waals surface area (Å²) in [5.74, 6) is 0.784. The van der Waals surface area contributed by atoms with Gasteiger partial charge in [0.2, 0.25) is 0 Å². The van der Waals surface area contributed by atoms with Crippen molar-refractivity contribution in [3.63, 3.8) is 0 Å². The lowest BCUT2D eigenvalue weighted by atomic mass is 10.2. The predicted molar refractivity (Wildman–Crippen MR) is 102 cm³/mol. The van der Waals surface area contributed by atoms with Gasteiger partial charge in [0.15, 0.2) is 11.7 Å². The fourth-order valence-corrected chi connectivity index (χ4v) is 2.58. The number of ether oxygens (including phenoxy) is 1. The Morgan fingerprint density at radius 3 is 2.45 bits per heavy atom. The van der Waals surface area contributed by atoms with Gasteiger partial charge < -0.3 is 19.9 Å². The number of benzene rings is 2. The molecule has 0 saturated carbocycles. The van der Waals surface area contributed by atoms with E-state index < -0.39 is 6.36 Å². The van der Waals surface area contributed by atoms with E-state index in [4.69, 9.17) is 4.52 Å². The minimum atomic E-state index is -4.75. The largest absolute Gasteiger partial charge is 0.573 e. The number of halogens is 3. The summed E-state index contributed by atoms with van der Waals surface area (Å²) < 4.78 is 47.0.